The summed E-state index contributed by atoms with van der Waals surface area (Å²) in [6, 6.07) is 3.79. The first-order chi connectivity index (χ1) is 11.3. The maximum Gasteiger partial charge on any atom is 0.241 e. The molecule has 1 saturated carbocycles. The molecule has 1 heterocycles. The lowest BCUT2D eigenvalue weighted by Gasteiger charge is -2.31. The Balaban J connectivity index is 1.66. The predicted octanol–water partition coefficient (Wildman–Crippen LogP) is 2.97. The van der Waals surface area contributed by atoms with Crippen LogP contribution in [-0.4, -0.2) is 33.5 Å². The van der Waals surface area contributed by atoms with Crippen molar-refractivity contribution in [3.05, 3.63) is 28.8 Å². The van der Waals surface area contributed by atoms with Gasteiger partial charge in [-0.15, -0.1) is 0 Å². The van der Waals surface area contributed by atoms with Gasteiger partial charge in [0.15, 0.2) is 5.79 Å². The molecule has 5 nitrogen and oxygen atoms in total. The average molecular weight is 353 g/mol. The van der Waals surface area contributed by atoms with Gasteiger partial charge in [0.25, 0.3) is 0 Å². The van der Waals surface area contributed by atoms with Gasteiger partial charge in [-0.2, -0.15) is 0 Å². The monoisotopic (exact) mass is 353 g/mol. The maximum atomic E-state index is 12.7. The lowest BCUT2D eigenvalue weighted by Crippen LogP contribution is -2.37. The zero-order valence-electron chi connectivity index (χ0n) is 14.7. The molecule has 0 amide bonds. The highest BCUT2D eigenvalue weighted by atomic mass is 32.2. The van der Waals surface area contributed by atoms with Gasteiger partial charge in [0.1, 0.15) is 0 Å². The topological polar surface area (TPSA) is 64.6 Å². The molecular weight excluding hydrogens is 326 g/mol. The van der Waals surface area contributed by atoms with E-state index in [0.29, 0.717) is 11.5 Å². The minimum absolute atomic E-state index is 0.219. The normalized spacial score (nSPS) is 23.7. The number of hydrogen-bond acceptors (Lipinski definition) is 4. The summed E-state index contributed by atoms with van der Waals surface area (Å²) in [6.07, 6.45) is 5.04. The van der Waals surface area contributed by atoms with Gasteiger partial charge in [0.2, 0.25) is 10.0 Å². The average Bonchev–Trinajstić information content (AvgIpc) is 2.87. The number of rotatable bonds is 4. The summed E-state index contributed by atoms with van der Waals surface area (Å²) in [5.41, 5.74) is 2.61. The van der Waals surface area contributed by atoms with Crippen LogP contribution in [0, 0.1) is 20.8 Å². The molecule has 1 saturated heterocycles. The minimum atomic E-state index is -3.55. The number of sulfonamides is 1. The Hall–Kier alpha value is -0.950. The van der Waals surface area contributed by atoms with Crippen LogP contribution < -0.4 is 4.72 Å². The number of aryl methyl sites for hydroxylation is 3. The molecule has 6 heteroatoms. The summed E-state index contributed by atoms with van der Waals surface area (Å²) >= 11 is 0. The van der Waals surface area contributed by atoms with Crippen LogP contribution >= 0.6 is 0 Å². The second-order valence-electron chi connectivity index (χ2n) is 7.10. The van der Waals surface area contributed by atoms with E-state index >= 15 is 0 Å². The first-order valence-corrected chi connectivity index (χ1v) is 10.2. The molecule has 1 aliphatic heterocycles. The van der Waals surface area contributed by atoms with Gasteiger partial charge in [0.05, 0.1) is 17.6 Å². The van der Waals surface area contributed by atoms with E-state index in [1.54, 1.807) is 0 Å². The molecule has 1 aromatic carbocycles. The number of ether oxygens (including phenoxy) is 2. The number of hydrogen-bond donors (Lipinski definition) is 1. The molecule has 1 unspecified atom stereocenters. The molecule has 0 aromatic heterocycles. The van der Waals surface area contributed by atoms with Crippen LogP contribution in [0.4, 0.5) is 0 Å². The molecule has 1 aliphatic carbocycles. The number of benzene rings is 1. The number of nitrogens with one attached hydrogen (secondary N) is 1. The van der Waals surface area contributed by atoms with Gasteiger partial charge in [0, 0.05) is 19.4 Å². The van der Waals surface area contributed by atoms with Gasteiger partial charge in [-0.25, -0.2) is 13.1 Å². The SMILES string of the molecule is Cc1cc(C)c(S(=O)(=O)NCC2COC3(CCCCC3)O2)c(C)c1. The summed E-state index contributed by atoms with van der Waals surface area (Å²) in [5, 5.41) is 0. The van der Waals surface area contributed by atoms with Crippen molar-refractivity contribution in [3.8, 4) is 0 Å². The van der Waals surface area contributed by atoms with E-state index in [9.17, 15) is 8.42 Å². The molecule has 1 aromatic rings. The molecule has 3 rings (SSSR count). The van der Waals surface area contributed by atoms with E-state index in [2.05, 4.69) is 4.72 Å². The zero-order chi connectivity index (χ0) is 17.4. The van der Waals surface area contributed by atoms with Crippen molar-refractivity contribution in [2.45, 2.75) is 69.7 Å². The van der Waals surface area contributed by atoms with Crippen LogP contribution in [0.5, 0.6) is 0 Å². The quantitative estimate of drug-likeness (QED) is 0.904. The summed E-state index contributed by atoms with van der Waals surface area (Å²) in [4.78, 5) is 0.374. The van der Waals surface area contributed by atoms with Gasteiger partial charge in [-0.1, -0.05) is 24.1 Å². The van der Waals surface area contributed by atoms with Crippen molar-refractivity contribution in [2.75, 3.05) is 13.2 Å². The fourth-order valence-corrected chi connectivity index (χ4v) is 5.45. The van der Waals surface area contributed by atoms with Crippen molar-refractivity contribution < 1.29 is 17.9 Å². The van der Waals surface area contributed by atoms with Crippen LogP contribution in [0.15, 0.2) is 17.0 Å². The van der Waals surface area contributed by atoms with E-state index in [1.807, 2.05) is 32.9 Å². The standard InChI is InChI=1S/C18H27NO4S/c1-13-9-14(2)17(15(3)10-13)24(20,21)19-11-16-12-22-18(23-16)7-5-4-6-8-18/h9-10,16,19H,4-8,11-12H2,1-3H3. The first kappa shape index (κ1) is 17.9. The van der Waals surface area contributed by atoms with Crippen molar-refractivity contribution in [3.63, 3.8) is 0 Å². The van der Waals surface area contributed by atoms with Gasteiger partial charge in [-0.3, -0.25) is 0 Å². The molecule has 24 heavy (non-hydrogen) atoms. The highest BCUT2D eigenvalue weighted by molar-refractivity contribution is 7.89. The molecule has 1 N–H and O–H groups in total. The second-order valence-corrected chi connectivity index (χ2v) is 8.81. The Labute approximate surface area is 144 Å². The summed E-state index contributed by atoms with van der Waals surface area (Å²) < 4.78 is 40.0. The molecule has 0 radical (unpaired) electrons. The Kier molecular flexibility index (Phi) is 5.02. The van der Waals surface area contributed by atoms with Crippen molar-refractivity contribution in [1.29, 1.82) is 0 Å². The minimum Gasteiger partial charge on any atom is -0.347 e. The fourth-order valence-electron chi connectivity index (χ4n) is 3.94. The molecule has 134 valence electrons. The van der Waals surface area contributed by atoms with Crippen LogP contribution in [0.2, 0.25) is 0 Å². The summed E-state index contributed by atoms with van der Waals surface area (Å²) in [6.45, 7) is 6.34. The highest BCUT2D eigenvalue weighted by Gasteiger charge is 2.42. The molecule has 2 fully saturated rings. The molecular formula is C18H27NO4S. The van der Waals surface area contributed by atoms with Crippen LogP contribution in [0.3, 0.4) is 0 Å². The molecule has 1 spiro atoms. The molecule has 1 atom stereocenters. The third-order valence-corrected chi connectivity index (χ3v) is 6.63. The smallest absolute Gasteiger partial charge is 0.241 e. The highest BCUT2D eigenvalue weighted by Crippen LogP contribution is 2.37. The largest absolute Gasteiger partial charge is 0.347 e. The maximum absolute atomic E-state index is 12.7. The third-order valence-electron chi connectivity index (χ3n) is 4.90. The third kappa shape index (κ3) is 3.67. The second kappa shape index (κ2) is 6.75. The summed E-state index contributed by atoms with van der Waals surface area (Å²) in [7, 11) is -3.55. The van der Waals surface area contributed by atoms with Gasteiger partial charge >= 0.3 is 0 Å². The zero-order valence-corrected chi connectivity index (χ0v) is 15.5. The molecule has 0 bridgehead atoms. The first-order valence-electron chi connectivity index (χ1n) is 8.71. The van der Waals surface area contributed by atoms with Crippen LogP contribution in [0.25, 0.3) is 0 Å². The van der Waals surface area contributed by atoms with Gasteiger partial charge < -0.3 is 9.47 Å². The van der Waals surface area contributed by atoms with E-state index in [1.165, 1.54) is 6.42 Å². The van der Waals surface area contributed by atoms with E-state index in [0.717, 1.165) is 42.4 Å². The Morgan fingerprint density at radius 1 is 1.12 bits per heavy atom. The van der Waals surface area contributed by atoms with Crippen molar-refractivity contribution >= 4 is 10.0 Å². The lowest BCUT2D eigenvalue weighted by molar-refractivity contribution is -0.186. The van der Waals surface area contributed by atoms with E-state index in [-0.39, 0.29) is 12.6 Å². The van der Waals surface area contributed by atoms with Crippen molar-refractivity contribution in [1.82, 2.24) is 4.72 Å². The van der Waals surface area contributed by atoms with E-state index in [4.69, 9.17) is 9.47 Å². The predicted molar refractivity (Wildman–Crippen MR) is 92.5 cm³/mol. The summed E-state index contributed by atoms with van der Waals surface area (Å²) in [5.74, 6) is -0.468. The van der Waals surface area contributed by atoms with Crippen LogP contribution in [-0.2, 0) is 19.5 Å². The Bertz CT molecular complexity index is 685. The van der Waals surface area contributed by atoms with Crippen LogP contribution in [0.1, 0.15) is 48.8 Å². The molecule has 2 aliphatic rings. The fraction of sp³-hybridized carbons (Fsp3) is 0.667. The lowest BCUT2D eigenvalue weighted by atomic mass is 9.94. The Morgan fingerprint density at radius 2 is 1.75 bits per heavy atom. The van der Waals surface area contributed by atoms with E-state index < -0.39 is 15.8 Å². The Morgan fingerprint density at radius 3 is 2.38 bits per heavy atom. The van der Waals surface area contributed by atoms with Gasteiger partial charge in [-0.05, 0) is 44.7 Å². The van der Waals surface area contributed by atoms with Crippen molar-refractivity contribution in [2.24, 2.45) is 0 Å².